The van der Waals surface area contributed by atoms with Gasteiger partial charge in [0, 0.05) is 33.4 Å². The van der Waals surface area contributed by atoms with E-state index < -0.39 is 5.41 Å². The number of para-hydroxylation sites is 4. The Hall–Kier alpha value is -7.42. The van der Waals surface area contributed by atoms with Gasteiger partial charge in [-0.05, 0) is 82.4 Å². The number of fused-ring (bicyclic) bond motifs is 3. The monoisotopic (exact) mass is 728 g/mol. The van der Waals surface area contributed by atoms with E-state index >= 15 is 0 Å². The van der Waals surface area contributed by atoms with Gasteiger partial charge in [0.1, 0.15) is 0 Å². The minimum atomic E-state index is -0.509. The van der Waals surface area contributed by atoms with Crippen molar-refractivity contribution in [1.82, 2.24) is 4.57 Å². The van der Waals surface area contributed by atoms with Gasteiger partial charge in [-0.15, -0.1) is 0 Å². The predicted octanol–water partition coefficient (Wildman–Crippen LogP) is 14.3. The molecule has 0 saturated heterocycles. The summed E-state index contributed by atoms with van der Waals surface area (Å²) < 4.78 is 2.41. The van der Waals surface area contributed by atoms with Crippen molar-refractivity contribution in [2.24, 2.45) is 0 Å². The largest absolute Gasteiger partial charge is 0.311 e. The highest BCUT2D eigenvalue weighted by atomic mass is 15.1. The van der Waals surface area contributed by atoms with Gasteiger partial charge in [0.2, 0.25) is 0 Å². The third-order valence-corrected chi connectivity index (χ3v) is 11.4. The molecular formula is C55H40N2. The van der Waals surface area contributed by atoms with Crippen LogP contribution in [-0.2, 0) is 5.41 Å². The van der Waals surface area contributed by atoms with E-state index in [0.29, 0.717) is 0 Å². The molecule has 0 radical (unpaired) electrons. The van der Waals surface area contributed by atoms with Crippen molar-refractivity contribution in [1.29, 1.82) is 0 Å². The highest BCUT2D eigenvalue weighted by molar-refractivity contribution is 6.09. The molecule has 0 fully saturated rings. The van der Waals surface area contributed by atoms with Gasteiger partial charge < -0.3 is 9.47 Å². The summed E-state index contributed by atoms with van der Waals surface area (Å²) in [6.45, 7) is 0. The van der Waals surface area contributed by atoms with Crippen molar-refractivity contribution in [2.75, 3.05) is 4.90 Å². The molecule has 10 aromatic rings. The van der Waals surface area contributed by atoms with Gasteiger partial charge in [-0.1, -0.05) is 188 Å². The second-order valence-corrected chi connectivity index (χ2v) is 14.5. The number of benzene rings is 9. The molecule has 0 spiro atoms. The number of aromatic nitrogens is 1. The van der Waals surface area contributed by atoms with Crippen molar-refractivity contribution in [3.05, 3.63) is 265 Å². The van der Waals surface area contributed by atoms with E-state index in [2.05, 4.69) is 252 Å². The molecule has 1 aromatic heterocycles. The Labute approximate surface area is 334 Å². The summed E-state index contributed by atoms with van der Waals surface area (Å²) in [5.74, 6) is 0. The van der Waals surface area contributed by atoms with Gasteiger partial charge in [-0.25, -0.2) is 0 Å². The molecule has 0 atom stereocenters. The normalized spacial score (nSPS) is 11.5. The number of anilines is 3. The highest BCUT2D eigenvalue weighted by Gasteiger charge is 2.38. The number of nitrogens with zero attached hydrogens (tertiary/aromatic N) is 2. The molecule has 270 valence electrons. The smallest absolute Gasteiger partial charge is 0.0701 e. The van der Waals surface area contributed by atoms with E-state index in [-0.39, 0.29) is 0 Å². The molecule has 0 saturated carbocycles. The lowest BCUT2D eigenvalue weighted by Crippen LogP contribution is -2.31. The molecule has 10 rings (SSSR count). The maximum Gasteiger partial charge on any atom is 0.0701 e. The average Bonchev–Trinajstić information content (AvgIpc) is 3.63. The zero-order valence-electron chi connectivity index (χ0n) is 31.5. The lowest BCUT2D eigenvalue weighted by Gasteiger charge is -2.37. The van der Waals surface area contributed by atoms with E-state index in [0.717, 1.165) is 28.3 Å². The molecule has 57 heavy (non-hydrogen) atoms. The van der Waals surface area contributed by atoms with Crippen molar-refractivity contribution in [3.8, 4) is 16.8 Å². The molecule has 1 heterocycles. The molecule has 0 N–H and O–H groups in total. The van der Waals surface area contributed by atoms with Crippen molar-refractivity contribution < 1.29 is 0 Å². The van der Waals surface area contributed by atoms with Gasteiger partial charge in [0.05, 0.1) is 22.1 Å². The van der Waals surface area contributed by atoms with Crippen LogP contribution in [0.15, 0.2) is 243 Å². The molecule has 0 aliphatic rings. The Balaban J connectivity index is 1.08. The number of rotatable bonds is 9. The van der Waals surface area contributed by atoms with Crippen LogP contribution in [0.5, 0.6) is 0 Å². The maximum atomic E-state index is 2.41. The predicted molar refractivity (Wildman–Crippen MR) is 239 cm³/mol. The van der Waals surface area contributed by atoms with E-state index in [1.54, 1.807) is 0 Å². The first kappa shape index (κ1) is 34.1. The van der Waals surface area contributed by atoms with Gasteiger partial charge in [0.15, 0.2) is 0 Å². The topological polar surface area (TPSA) is 8.17 Å². The van der Waals surface area contributed by atoms with E-state index in [1.165, 1.54) is 49.6 Å². The molecule has 9 aromatic carbocycles. The maximum absolute atomic E-state index is 2.41. The fourth-order valence-corrected chi connectivity index (χ4v) is 8.83. The highest BCUT2D eigenvalue weighted by Crippen LogP contribution is 2.46. The van der Waals surface area contributed by atoms with Crippen LogP contribution in [0.3, 0.4) is 0 Å². The van der Waals surface area contributed by atoms with Gasteiger partial charge in [-0.2, -0.15) is 0 Å². The molecule has 0 aliphatic heterocycles. The molecule has 2 nitrogen and oxygen atoms in total. The van der Waals surface area contributed by atoms with Gasteiger partial charge in [-0.3, -0.25) is 0 Å². The van der Waals surface area contributed by atoms with E-state index in [9.17, 15) is 0 Å². The number of hydrogen-bond donors (Lipinski definition) is 0. The van der Waals surface area contributed by atoms with Crippen LogP contribution >= 0.6 is 0 Å². The lowest BCUT2D eigenvalue weighted by molar-refractivity contribution is 0.745. The summed E-state index contributed by atoms with van der Waals surface area (Å²) >= 11 is 0. The standard InChI is InChI=1S/C55H40N2/c1-5-19-42(20-6-1)55(43-21-7-2-8-22-43,44-23-9-3-10-24-44)45-35-39-48(40-36-45)56(46-25-11-4-12-26-46)47-37-33-41(34-38-47)49-27-13-16-30-52(49)57-53-31-17-14-28-50(53)51-29-15-18-32-54(51)57/h1-40H. The second-order valence-electron chi connectivity index (χ2n) is 14.5. The third kappa shape index (κ3) is 5.91. The molecule has 0 unspecified atom stereocenters. The lowest BCUT2D eigenvalue weighted by atomic mass is 9.65. The van der Waals surface area contributed by atoms with Crippen LogP contribution in [0.2, 0.25) is 0 Å². The molecule has 2 heteroatoms. The summed E-state index contributed by atoms with van der Waals surface area (Å²) in [7, 11) is 0. The second kappa shape index (κ2) is 14.7. The first-order chi connectivity index (χ1) is 28.3. The fraction of sp³-hybridized carbons (Fsp3) is 0.0182. The summed E-state index contributed by atoms with van der Waals surface area (Å²) in [6.07, 6.45) is 0. The summed E-state index contributed by atoms with van der Waals surface area (Å²) in [5.41, 5.74) is 13.6. The Kier molecular flexibility index (Phi) is 8.78. The third-order valence-electron chi connectivity index (χ3n) is 11.4. The Bertz CT molecular complexity index is 2770. The van der Waals surface area contributed by atoms with Gasteiger partial charge >= 0.3 is 0 Å². The van der Waals surface area contributed by atoms with Crippen LogP contribution in [0.4, 0.5) is 17.1 Å². The molecule has 0 aliphatic carbocycles. The van der Waals surface area contributed by atoms with Crippen LogP contribution in [0.25, 0.3) is 38.6 Å². The summed E-state index contributed by atoms with van der Waals surface area (Å²) in [5, 5.41) is 2.52. The Morgan fingerprint density at radius 2 is 0.667 bits per heavy atom. The quantitative estimate of drug-likeness (QED) is 0.134. The first-order valence-corrected chi connectivity index (χ1v) is 19.6. The van der Waals surface area contributed by atoms with Crippen molar-refractivity contribution in [2.45, 2.75) is 5.41 Å². The van der Waals surface area contributed by atoms with Crippen molar-refractivity contribution in [3.63, 3.8) is 0 Å². The average molecular weight is 729 g/mol. The van der Waals surface area contributed by atoms with Crippen LogP contribution < -0.4 is 4.90 Å². The minimum Gasteiger partial charge on any atom is -0.311 e. The molecular weight excluding hydrogens is 689 g/mol. The SMILES string of the molecule is c1ccc(N(c2ccc(-c3ccccc3-n3c4ccccc4c4ccccc43)cc2)c2ccc(C(c3ccccc3)(c3ccccc3)c3ccccc3)cc2)cc1. The Morgan fingerprint density at radius 3 is 1.18 bits per heavy atom. The van der Waals surface area contributed by atoms with Crippen molar-refractivity contribution >= 4 is 38.9 Å². The van der Waals surface area contributed by atoms with Gasteiger partial charge in [0.25, 0.3) is 0 Å². The number of hydrogen-bond acceptors (Lipinski definition) is 1. The summed E-state index contributed by atoms with van der Waals surface area (Å²) in [6, 6.07) is 87.7. The summed E-state index contributed by atoms with van der Waals surface area (Å²) in [4.78, 5) is 2.35. The zero-order chi connectivity index (χ0) is 38.0. The van der Waals surface area contributed by atoms with Crippen LogP contribution in [0, 0.1) is 0 Å². The first-order valence-electron chi connectivity index (χ1n) is 19.6. The zero-order valence-corrected chi connectivity index (χ0v) is 31.5. The van der Waals surface area contributed by atoms with Crippen LogP contribution in [-0.4, -0.2) is 4.57 Å². The van der Waals surface area contributed by atoms with E-state index in [4.69, 9.17) is 0 Å². The minimum absolute atomic E-state index is 0.509. The van der Waals surface area contributed by atoms with Crippen LogP contribution in [0.1, 0.15) is 22.3 Å². The fourth-order valence-electron chi connectivity index (χ4n) is 8.83. The van der Waals surface area contributed by atoms with E-state index in [1.807, 2.05) is 0 Å². The molecule has 0 bridgehead atoms. The molecule has 0 amide bonds. The Morgan fingerprint density at radius 1 is 0.298 bits per heavy atom.